The van der Waals surface area contributed by atoms with Crippen molar-refractivity contribution in [2.75, 3.05) is 13.1 Å². The number of likely N-dealkylation sites (tertiary alicyclic amines) is 1. The molecule has 2 rings (SSSR count). The van der Waals surface area contributed by atoms with E-state index in [1.54, 1.807) is 6.07 Å². The molecular weight excluding hydrogens is 227 g/mol. The third-order valence-corrected chi connectivity index (χ3v) is 3.01. The summed E-state index contributed by atoms with van der Waals surface area (Å²) in [6.07, 6.45) is 1.07. The van der Waals surface area contributed by atoms with Gasteiger partial charge in [0, 0.05) is 25.7 Å². The Bertz CT molecular complexity index is 357. The van der Waals surface area contributed by atoms with Crippen LogP contribution in [-0.2, 0) is 6.54 Å². The molecule has 4 heteroatoms. The standard InChI is InChI=1S/C12H17FN2.ClH/c1-9-6-11(13)3-2-10(9)7-15-5-4-12(14)8-15;/h2-3,6,12H,4-5,7-8,14H2,1H3;1H/t12-;/m0./s1. The van der Waals surface area contributed by atoms with Gasteiger partial charge in [0.25, 0.3) is 0 Å². The first-order valence-electron chi connectivity index (χ1n) is 5.38. The zero-order chi connectivity index (χ0) is 10.8. The molecule has 1 atom stereocenters. The lowest BCUT2D eigenvalue weighted by Crippen LogP contribution is -2.26. The van der Waals surface area contributed by atoms with E-state index in [1.165, 1.54) is 11.6 Å². The van der Waals surface area contributed by atoms with Gasteiger partial charge in [0.2, 0.25) is 0 Å². The summed E-state index contributed by atoms with van der Waals surface area (Å²) in [6, 6.07) is 5.30. The molecule has 2 nitrogen and oxygen atoms in total. The minimum atomic E-state index is -0.158. The minimum absolute atomic E-state index is 0. The van der Waals surface area contributed by atoms with Crippen LogP contribution in [0.2, 0.25) is 0 Å². The quantitative estimate of drug-likeness (QED) is 0.863. The van der Waals surface area contributed by atoms with Crippen LogP contribution in [0, 0.1) is 12.7 Å². The number of benzene rings is 1. The van der Waals surface area contributed by atoms with Crippen molar-refractivity contribution >= 4 is 12.4 Å². The van der Waals surface area contributed by atoms with Crippen molar-refractivity contribution in [3.05, 3.63) is 35.1 Å². The van der Waals surface area contributed by atoms with Gasteiger partial charge in [-0.25, -0.2) is 4.39 Å². The number of nitrogens with zero attached hydrogens (tertiary/aromatic N) is 1. The number of halogens is 2. The van der Waals surface area contributed by atoms with Crippen molar-refractivity contribution in [2.24, 2.45) is 5.73 Å². The Kier molecular flexibility index (Phi) is 4.71. The number of hydrogen-bond acceptors (Lipinski definition) is 2. The molecule has 0 saturated carbocycles. The van der Waals surface area contributed by atoms with E-state index in [-0.39, 0.29) is 18.2 Å². The maximum Gasteiger partial charge on any atom is 0.123 e. The molecule has 0 bridgehead atoms. The van der Waals surface area contributed by atoms with Gasteiger partial charge in [-0.05, 0) is 36.6 Å². The summed E-state index contributed by atoms with van der Waals surface area (Å²) < 4.78 is 12.9. The van der Waals surface area contributed by atoms with Crippen LogP contribution < -0.4 is 5.73 Å². The highest BCUT2D eigenvalue weighted by molar-refractivity contribution is 5.85. The summed E-state index contributed by atoms with van der Waals surface area (Å²) in [4.78, 5) is 2.32. The molecule has 0 unspecified atom stereocenters. The van der Waals surface area contributed by atoms with Crippen molar-refractivity contribution in [1.29, 1.82) is 0 Å². The molecule has 0 spiro atoms. The minimum Gasteiger partial charge on any atom is -0.326 e. The Morgan fingerprint density at radius 2 is 2.25 bits per heavy atom. The van der Waals surface area contributed by atoms with Crippen LogP contribution in [0.5, 0.6) is 0 Å². The first kappa shape index (κ1) is 13.4. The number of rotatable bonds is 2. The van der Waals surface area contributed by atoms with E-state index in [9.17, 15) is 4.39 Å². The van der Waals surface area contributed by atoms with E-state index in [0.717, 1.165) is 31.6 Å². The summed E-state index contributed by atoms with van der Waals surface area (Å²) >= 11 is 0. The Labute approximate surface area is 102 Å². The monoisotopic (exact) mass is 244 g/mol. The largest absolute Gasteiger partial charge is 0.326 e. The van der Waals surface area contributed by atoms with E-state index in [4.69, 9.17) is 5.73 Å². The molecule has 0 radical (unpaired) electrons. The second kappa shape index (κ2) is 5.62. The number of nitrogens with two attached hydrogens (primary N) is 1. The molecule has 1 heterocycles. The van der Waals surface area contributed by atoms with Crippen molar-refractivity contribution in [3.8, 4) is 0 Å². The van der Waals surface area contributed by atoms with Gasteiger partial charge in [0.1, 0.15) is 5.82 Å². The van der Waals surface area contributed by atoms with Crippen LogP contribution >= 0.6 is 12.4 Å². The van der Waals surface area contributed by atoms with Crippen molar-refractivity contribution < 1.29 is 4.39 Å². The highest BCUT2D eigenvalue weighted by atomic mass is 35.5. The van der Waals surface area contributed by atoms with E-state index in [0.29, 0.717) is 6.04 Å². The molecule has 2 N–H and O–H groups in total. The van der Waals surface area contributed by atoms with Crippen LogP contribution in [-0.4, -0.2) is 24.0 Å². The summed E-state index contributed by atoms with van der Waals surface area (Å²) in [5, 5.41) is 0. The van der Waals surface area contributed by atoms with Gasteiger partial charge in [0.15, 0.2) is 0 Å². The van der Waals surface area contributed by atoms with Gasteiger partial charge in [-0.1, -0.05) is 6.07 Å². The van der Waals surface area contributed by atoms with Crippen molar-refractivity contribution in [2.45, 2.75) is 25.9 Å². The van der Waals surface area contributed by atoms with Crippen molar-refractivity contribution in [3.63, 3.8) is 0 Å². The van der Waals surface area contributed by atoms with Crippen LogP contribution in [0.25, 0.3) is 0 Å². The van der Waals surface area contributed by atoms with Crippen LogP contribution in [0.3, 0.4) is 0 Å². The maximum atomic E-state index is 12.9. The third-order valence-electron chi connectivity index (χ3n) is 3.01. The molecular formula is C12H18ClFN2. The molecule has 1 fully saturated rings. The van der Waals surface area contributed by atoms with Gasteiger partial charge in [0.05, 0.1) is 0 Å². The van der Waals surface area contributed by atoms with Crippen molar-refractivity contribution in [1.82, 2.24) is 4.90 Å². The molecule has 0 amide bonds. The molecule has 1 aromatic rings. The van der Waals surface area contributed by atoms with Gasteiger partial charge >= 0.3 is 0 Å². The Hall–Kier alpha value is -0.640. The average Bonchev–Trinajstić information content (AvgIpc) is 2.56. The Balaban J connectivity index is 0.00000128. The molecule has 16 heavy (non-hydrogen) atoms. The van der Waals surface area contributed by atoms with E-state index < -0.39 is 0 Å². The highest BCUT2D eigenvalue weighted by Gasteiger charge is 2.19. The predicted octanol–water partition coefficient (Wildman–Crippen LogP) is 2.09. The third kappa shape index (κ3) is 3.17. The number of hydrogen-bond donors (Lipinski definition) is 1. The first-order valence-corrected chi connectivity index (χ1v) is 5.38. The summed E-state index contributed by atoms with van der Waals surface area (Å²) in [6.45, 7) is 4.85. The summed E-state index contributed by atoms with van der Waals surface area (Å²) in [7, 11) is 0. The molecule has 0 aromatic heterocycles. The predicted molar refractivity (Wildman–Crippen MR) is 66.3 cm³/mol. The highest BCUT2D eigenvalue weighted by Crippen LogP contribution is 2.16. The van der Waals surface area contributed by atoms with Gasteiger partial charge < -0.3 is 5.73 Å². The molecule has 1 aliphatic rings. The SMILES string of the molecule is Cc1cc(F)ccc1CN1CC[C@H](N)C1.Cl. The zero-order valence-corrected chi connectivity index (χ0v) is 10.3. The number of aryl methyl sites for hydroxylation is 1. The lowest BCUT2D eigenvalue weighted by atomic mass is 10.1. The molecule has 0 aliphatic carbocycles. The summed E-state index contributed by atoms with van der Waals surface area (Å²) in [5.41, 5.74) is 8.06. The average molecular weight is 245 g/mol. The molecule has 1 aliphatic heterocycles. The molecule has 1 saturated heterocycles. The van der Waals surface area contributed by atoms with Gasteiger partial charge in [-0.15, -0.1) is 12.4 Å². The Morgan fingerprint density at radius 3 is 2.81 bits per heavy atom. The fourth-order valence-corrected chi connectivity index (χ4v) is 2.08. The van der Waals surface area contributed by atoms with Crippen LogP contribution in [0.15, 0.2) is 18.2 Å². The van der Waals surface area contributed by atoms with Gasteiger partial charge in [-0.2, -0.15) is 0 Å². The topological polar surface area (TPSA) is 29.3 Å². The normalized spacial score (nSPS) is 20.8. The van der Waals surface area contributed by atoms with E-state index in [1.807, 2.05) is 13.0 Å². The second-order valence-corrected chi connectivity index (χ2v) is 4.35. The van der Waals surface area contributed by atoms with E-state index in [2.05, 4.69) is 4.90 Å². The lowest BCUT2D eigenvalue weighted by molar-refractivity contribution is 0.326. The second-order valence-electron chi connectivity index (χ2n) is 4.35. The van der Waals surface area contributed by atoms with Crippen LogP contribution in [0.1, 0.15) is 17.5 Å². The van der Waals surface area contributed by atoms with Crippen LogP contribution in [0.4, 0.5) is 4.39 Å². The molecule has 1 aromatic carbocycles. The maximum absolute atomic E-state index is 12.9. The fraction of sp³-hybridized carbons (Fsp3) is 0.500. The van der Waals surface area contributed by atoms with Gasteiger partial charge in [-0.3, -0.25) is 4.90 Å². The zero-order valence-electron chi connectivity index (χ0n) is 9.45. The Morgan fingerprint density at radius 1 is 1.50 bits per heavy atom. The smallest absolute Gasteiger partial charge is 0.123 e. The summed E-state index contributed by atoms with van der Waals surface area (Å²) in [5.74, 6) is -0.158. The van der Waals surface area contributed by atoms with E-state index >= 15 is 0 Å². The first-order chi connectivity index (χ1) is 7.15. The lowest BCUT2D eigenvalue weighted by Gasteiger charge is -2.16. The fourth-order valence-electron chi connectivity index (χ4n) is 2.08. The molecule has 90 valence electrons.